The van der Waals surface area contributed by atoms with Crippen molar-refractivity contribution in [3.05, 3.63) is 58.9 Å². The molecule has 0 aliphatic heterocycles. The number of nitrogens with one attached hydrogen (secondary N) is 1. The molecule has 2 rings (SSSR count). The van der Waals surface area contributed by atoms with Crippen LogP contribution >= 0.6 is 0 Å². The molecule has 1 heterocycles. The molecular weight excluding hydrogens is 290 g/mol. The number of nitrogens with zero attached hydrogens (tertiary/aromatic N) is 1. The van der Waals surface area contributed by atoms with E-state index in [-0.39, 0.29) is 5.91 Å². The van der Waals surface area contributed by atoms with Gasteiger partial charge >= 0.3 is 0 Å². The van der Waals surface area contributed by atoms with Gasteiger partial charge in [-0.3, -0.25) is 9.78 Å². The smallest absolute Gasteiger partial charge is 0.251 e. The lowest BCUT2D eigenvalue weighted by Crippen LogP contribution is -2.26. The van der Waals surface area contributed by atoms with E-state index < -0.39 is 0 Å². The Morgan fingerprint density at radius 3 is 2.65 bits per heavy atom. The lowest BCUT2D eigenvalue weighted by molar-refractivity contribution is 0.0953. The Morgan fingerprint density at radius 2 is 2.04 bits per heavy atom. The van der Waals surface area contributed by atoms with E-state index in [9.17, 15) is 4.79 Å². The molecule has 0 radical (unpaired) electrons. The molecule has 3 N–H and O–H groups in total. The standard InChI is InChI=1S/C18H23N3O2/c1-13-9-16(18(22)21-8-4-6-19)10-14(2)17(13)23-12-15-5-3-7-20-11-15/h3,5,7,9-11H,4,6,8,12,19H2,1-2H3,(H,21,22). The zero-order valence-electron chi connectivity index (χ0n) is 13.6. The van der Waals surface area contributed by atoms with Crippen molar-refractivity contribution >= 4 is 5.91 Å². The van der Waals surface area contributed by atoms with Gasteiger partial charge in [0, 0.05) is 30.1 Å². The van der Waals surface area contributed by atoms with Crippen LogP contribution in [0.5, 0.6) is 5.75 Å². The number of rotatable bonds is 7. The minimum atomic E-state index is -0.0801. The number of ether oxygens (including phenoxy) is 1. The minimum absolute atomic E-state index is 0.0801. The Bertz CT molecular complexity index is 634. The number of amides is 1. The maximum Gasteiger partial charge on any atom is 0.251 e. The van der Waals surface area contributed by atoms with Gasteiger partial charge in [0.05, 0.1) is 0 Å². The van der Waals surface area contributed by atoms with Gasteiger partial charge in [-0.2, -0.15) is 0 Å². The Labute approximate surface area is 136 Å². The van der Waals surface area contributed by atoms with Gasteiger partial charge in [0.1, 0.15) is 12.4 Å². The predicted molar refractivity (Wildman–Crippen MR) is 90.5 cm³/mol. The van der Waals surface area contributed by atoms with Crippen LogP contribution < -0.4 is 15.8 Å². The summed E-state index contributed by atoms with van der Waals surface area (Å²) in [5, 5.41) is 2.86. The van der Waals surface area contributed by atoms with Crippen LogP contribution in [0.15, 0.2) is 36.7 Å². The normalized spacial score (nSPS) is 10.4. The molecule has 0 bridgehead atoms. The molecule has 0 atom stereocenters. The molecule has 1 aromatic carbocycles. The van der Waals surface area contributed by atoms with Crippen LogP contribution in [0.1, 0.15) is 33.5 Å². The first-order valence-corrected chi connectivity index (χ1v) is 7.73. The molecule has 0 spiro atoms. The monoisotopic (exact) mass is 313 g/mol. The number of aryl methyl sites for hydroxylation is 2. The molecule has 2 aromatic rings. The van der Waals surface area contributed by atoms with Gasteiger partial charge in [0.2, 0.25) is 0 Å². The number of hydrogen-bond acceptors (Lipinski definition) is 4. The number of pyridine rings is 1. The molecular formula is C18H23N3O2. The summed E-state index contributed by atoms with van der Waals surface area (Å²) in [6.07, 6.45) is 4.29. The van der Waals surface area contributed by atoms with Crippen molar-refractivity contribution in [2.45, 2.75) is 26.9 Å². The van der Waals surface area contributed by atoms with E-state index >= 15 is 0 Å². The SMILES string of the molecule is Cc1cc(C(=O)NCCCN)cc(C)c1OCc1cccnc1. The highest BCUT2D eigenvalue weighted by molar-refractivity contribution is 5.94. The van der Waals surface area contributed by atoms with E-state index in [4.69, 9.17) is 10.5 Å². The molecule has 1 amide bonds. The lowest BCUT2D eigenvalue weighted by Gasteiger charge is -2.14. The van der Waals surface area contributed by atoms with E-state index in [0.717, 1.165) is 28.9 Å². The van der Waals surface area contributed by atoms with E-state index in [1.54, 1.807) is 12.4 Å². The summed E-state index contributed by atoms with van der Waals surface area (Å²) in [7, 11) is 0. The van der Waals surface area contributed by atoms with Crippen LogP contribution in [0.25, 0.3) is 0 Å². The first kappa shape index (κ1) is 17.0. The third-order valence-electron chi connectivity index (χ3n) is 3.49. The summed E-state index contributed by atoms with van der Waals surface area (Å²) >= 11 is 0. The van der Waals surface area contributed by atoms with Gasteiger partial charge in [-0.05, 0) is 56.1 Å². The van der Waals surface area contributed by atoms with Gasteiger partial charge in [0.25, 0.3) is 5.91 Å². The van der Waals surface area contributed by atoms with Crippen molar-refractivity contribution in [3.8, 4) is 5.75 Å². The van der Waals surface area contributed by atoms with Crippen molar-refractivity contribution in [1.82, 2.24) is 10.3 Å². The Kier molecular flexibility index (Phi) is 6.11. The van der Waals surface area contributed by atoms with Gasteiger partial charge in [-0.15, -0.1) is 0 Å². The molecule has 23 heavy (non-hydrogen) atoms. The number of carbonyl (C=O) groups is 1. The summed E-state index contributed by atoms with van der Waals surface area (Å²) in [5.74, 6) is 0.732. The van der Waals surface area contributed by atoms with Gasteiger partial charge in [0.15, 0.2) is 0 Å². The maximum atomic E-state index is 12.1. The highest BCUT2D eigenvalue weighted by atomic mass is 16.5. The Morgan fingerprint density at radius 1 is 1.30 bits per heavy atom. The second-order valence-electron chi connectivity index (χ2n) is 5.49. The number of benzene rings is 1. The first-order valence-electron chi connectivity index (χ1n) is 7.73. The predicted octanol–water partition coefficient (Wildman–Crippen LogP) is 2.36. The highest BCUT2D eigenvalue weighted by Crippen LogP contribution is 2.25. The summed E-state index contributed by atoms with van der Waals surface area (Å²) in [6.45, 7) is 5.51. The second-order valence-corrected chi connectivity index (χ2v) is 5.49. The number of hydrogen-bond donors (Lipinski definition) is 2. The van der Waals surface area contributed by atoms with Crippen molar-refractivity contribution in [3.63, 3.8) is 0 Å². The quantitative estimate of drug-likeness (QED) is 0.769. The van der Waals surface area contributed by atoms with Crippen molar-refractivity contribution < 1.29 is 9.53 Å². The molecule has 0 aliphatic rings. The molecule has 0 aliphatic carbocycles. The van der Waals surface area contributed by atoms with Crippen molar-refractivity contribution in [1.29, 1.82) is 0 Å². The van der Waals surface area contributed by atoms with Crippen LogP contribution in [-0.4, -0.2) is 24.0 Å². The summed E-state index contributed by atoms with van der Waals surface area (Å²) in [6, 6.07) is 7.55. The molecule has 5 heteroatoms. The first-order chi connectivity index (χ1) is 11.1. The topological polar surface area (TPSA) is 77.2 Å². The Hall–Kier alpha value is -2.40. The Balaban J connectivity index is 2.06. The minimum Gasteiger partial charge on any atom is -0.488 e. The van der Waals surface area contributed by atoms with E-state index in [1.807, 2.05) is 38.1 Å². The van der Waals surface area contributed by atoms with Crippen LogP contribution in [-0.2, 0) is 6.61 Å². The molecule has 0 saturated carbocycles. The summed E-state index contributed by atoms with van der Waals surface area (Å²) < 4.78 is 5.90. The van der Waals surface area contributed by atoms with Gasteiger partial charge < -0.3 is 15.8 Å². The molecule has 0 unspecified atom stereocenters. The summed E-state index contributed by atoms with van der Waals surface area (Å²) in [5.41, 5.74) is 8.97. The summed E-state index contributed by atoms with van der Waals surface area (Å²) in [4.78, 5) is 16.2. The maximum absolute atomic E-state index is 12.1. The average molecular weight is 313 g/mol. The number of nitrogens with two attached hydrogens (primary N) is 1. The van der Waals surface area contributed by atoms with Crippen LogP contribution in [0.3, 0.4) is 0 Å². The molecule has 5 nitrogen and oxygen atoms in total. The molecule has 0 fully saturated rings. The van der Waals surface area contributed by atoms with Gasteiger partial charge in [-0.25, -0.2) is 0 Å². The lowest BCUT2D eigenvalue weighted by atomic mass is 10.0. The number of aromatic nitrogens is 1. The third kappa shape index (κ3) is 4.79. The number of carbonyl (C=O) groups excluding carboxylic acids is 1. The molecule has 0 saturated heterocycles. The van der Waals surface area contributed by atoms with E-state index in [2.05, 4.69) is 10.3 Å². The van der Waals surface area contributed by atoms with Crippen LogP contribution in [0, 0.1) is 13.8 Å². The largest absolute Gasteiger partial charge is 0.488 e. The van der Waals surface area contributed by atoms with Crippen LogP contribution in [0.2, 0.25) is 0 Å². The highest BCUT2D eigenvalue weighted by Gasteiger charge is 2.11. The van der Waals surface area contributed by atoms with E-state index in [1.165, 1.54) is 0 Å². The fourth-order valence-electron chi connectivity index (χ4n) is 2.35. The van der Waals surface area contributed by atoms with Gasteiger partial charge in [-0.1, -0.05) is 6.07 Å². The fourth-order valence-corrected chi connectivity index (χ4v) is 2.35. The second kappa shape index (κ2) is 8.29. The average Bonchev–Trinajstić information content (AvgIpc) is 2.55. The molecule has 1 aromatic heterocycles. The zero-order chi connectivity index (χ0) is 16.7. The molecule has 122 valence electrons. The fraction of sp³-hybridized carbons (Fsp3) is 0.333. The van der Waals surface area contributed by atoms with Crippen molar-refractivity contribution in [2.24, 2.45) is 5.73 Å². The van der Waals surface area contributed by atoms with Crippen molar-refractivity contribution in [2.75, 3.05) is 13.1 Å². The third-order valence-corrected chi connectivity index (χ3v) is 3.49. The zero-order valence-corrected chi connectivity index (χ0v) is 13.6. The van der Waals surface area contributed by atoms with E-state index in [0.29, 0.717) is 25.3 Å². The van der Waals surface area contributed by atoms with Crippen LogP contribution in [0.4, 0.5) is 0 Å².